The van der Waals surface area contributed by atoms with Crippen molar-refractivity contribution in [3.05, 3.63) is 30.1 Å². The van der Waals surface area contributed by atoms with Gasteiger partial charge < -0.3 is 10.3 Å². The third-order valence-corrected chi connectivity index (χ3v) is 8.62. The number of hydrogen-bond donors (Lipinski definition) is 1. The van der Waals surface area contributed by atoms with Gasteiger partial charge in [0.05, 0.1) is 5.52 Å². The zero-order valence-corrected chi connectivity index (χ0v) is 26.5. The van der Waals surface area contributed by atoms with Gasteiger partial charge in [0.25, 0.3) is 0 Å². The molecule has 0 amide bonds. The van der Waals surface area contributed by atoms with Gasteiger partial charge in [-0.2, -0.15) is 0 Å². The van der Waals surface area contributed by atoms with Gasteiger partial charge in [0.15, 0.2) is 5.01 Å². The molecule has 0 radical (unpaired) electrons. The Bertz CT molecular complexity index is 1210. The van der Waals surface area contributed by atoms with Crippen LogP contribution in [-0.2, 0) is 10.1 Å². The fourth-order valence-corrected chi connectivity index (χ4v) is 6.09. The second-order valence-corrected chi connectivity index (χ2v) is 12.3. The standard InChI is InChI=1S/C27H41N5O3S2.Na/c1-2-3-4-5-6-7-8-9-10-11-12-13-14-15-20-23(37(33,34)35)25-29-22-19-17-16-18-21(22)24(30-25)26-31-32-27(28)36-26;/h16-19,23H,2-15,20H2,1H3,(H2,28,32)(H,33,34,35);/q;+1/p-1. The Balaban J connectivity index is 0.00000507. The average Bonchev–Trinajstić information content (AvgIpc) is 3.31. The maximum absolute atomic E-state index is 12.2. The number of unbranched alkanes of at least 4 members (excludes halogenated alkanes) is 13. The zero-order chi connectivity index (χ0) is 26.5. The summed E-state index contributed by atoms with van der Waals surface area (Å²) in [6.45, 7) is 2.25. The smallest absolute Gasteiger partial charge is 0.747 e. The first-order valence-electron chi connectivity index (χ1n) is 13.7. The number of nitrogens with two attached hydrogens (primary N) is 1. The number of nitrogen functional groups attached to an aromatic ring is 1. The Kier molecular flexibility index (Phi) is 15.2. The van der Waals surface area contributed by atoms with Gasteiger partial charge in [-0.05, 0) is 12.5 Å². The van der Waals surface area contributed by atoms with Crippen LogP contribution in [0.15, 0.2) is 24.3 Å². The predicted octanol–water partition coefficient (Wildman–Crippen LogP) is 4.19. The fraction of sp³-hybridized carbons (Fsp3) is 0.630. The number of benzene rings is 1. The van der Waals surface area contributed by atoms with Gasteiger partial charge in [-0.3, -0.25) is 0 Å². The quantitative estimate of drug-likeness (QED) is 0.137. The summed E-state index contributed by atoms with van der Waals surface area (Å²) >= 11 is 1.16. The third-order valence-electron chi connectivity index (χ3n) is 6.72. The van der Waals surface area contributed by atoms with E-state index in [1.165, 1.54) is 64.2 Å². The molecule has 38 heavy (non-hydrogen) atoms. The summed E-state index contributed by atoms with van der Waals surface area (Å²) in [7, 11) is -4.63. The molecule has 11 heteroatoms. The van der Waals surface area contributed by atoms with E-state index >= 15 is 0 Å². The van der Waals surface area contributed by atoms with Crippen LogP contribution in [0, 0.1) is 0 Å². The molecule has 0 fully saturated rings. The van der Waals surface area contributed by atoms with Crippen molar-refractivity contribution in [2.24, 2.45) is 0 Å². The SMILES string of the molecule is CCCCCCCCCCCCCCCCC(c1nc(-c2nnc(N)s2)c2ccccc2n1)S(=O)(=O)[O-].[Na+]. The van der Waals surface area contributed by atoms with Crippen molar-refractivity contribution in [3.63, 3.8) is 0 Å². The van der Waals surface area contributed by atoms with Gasteiger partial charge in [0.1, 0.15) is 26.9 Å². The minimum atomic E-state index is -4.63. The predicted molar refractivity (Wildman–Crippen MR) is 150 cm³/mol. The average molecular weight is 570 g/mol. The molecule has 1 atom stereocenters. The second kappa shape index (κ2) is 17.5. The van der Waals surface area contributed by atoms with E-state index in [0.717, 1.165) is 30.6 Å². The minimum Gasteiger partial charge on any atom is -0.747 e. The maximum atomic E-state index is 12.2. The van der Waals surface area contributed by atoms with E-state index in [0.29, 0.717) is 28.0 Å². The largest absolute Gasteiger partial charge is 1.00 e. The molecule has 8 nitrogen and oxygen atoms in total. The normalized spacial score (nSPS) is 12.5. The Morgan fingerprint density at radius 2 is 1.39 bits per heavy atom. The van der Waals surface area contributed by atoms with Gasteiger partial charge in [-0.15, -0.1) is 10.2 Å². The number of anilines is 1. The zero-order valence-electron chi connectivity index (χ0n) is 22.9. The number of fused-ring (bicyclic) bond motifs is 1. The number of nitrogens with zero attached hydrogens (tertiary/aromatic N) is 4. The first-order valence-corrected chi connectivity index (χ1v) is 16.0. The van der Waals surface area contributed by atoms with Crippen LogP contribution in [0.25, 0.3) is 21.6 Å². The summed E-state index contributed by atoms with van der Waals surface area (Å²) in [4.78, 5) is 8.95. The fourth-order valence-electron chi connectivity index (χ4n) is 4.66. The number of hydrogen-bond acceptors (Lipinski definition) is 9. The van der Waals surface area contributed by atoms with Gasteiger partial charge in [0.2, 0.25) is 5.13 Å². The van der Waals surface area contributed by atoms with E-state index < -0.39 is 15.4 Å². The molecule has 0 saturated carbocycles. The van der Waals surface area contributed by atoms with Gasteiger partial charge in [-0.1, -0.05) is 126 Å². The molecular formula is C27H40N5NaO3S2. The molecule has 0 bridgehead atoms. The molecule has 0 aliphatic rings. The summed E-state index contributed by atoms with van der Waals surface area (Å²) in [5.41, 5.74) is 6.76. The van der Waals surface area contributed by atoms with Gasteiger partial charge in [0, 0.05) is 5.39 Å². The Morgan fingerprint density at radius 1 is 0.842 bits per heavy atom. The second-order valence-electron chi connectivity index (χ2n) is 9.76. The van der Waals surface area contributed by atoms with Crippen molar-refractivity contribution < 1.29 is 42.5 Å². The number of rotatable bonds is 18. The number of para-hydroxylation sites is 1. The summed E-state index contributed by atoms with van der Waals surface area (Å²) in [5, 5.41) is 8.09. The molecule has 3 aromatic rings. The molecule has 0 saturated heterocycles. The Labute approximate surface area is 253 Å². The maximum Gasteiger partial charge on any atom is 1.00 e. The van der Waals surface area contributed by atoms with Crippen LogP contribution in [0.5, 0.6) is 0 Å². The van der Waals surface area contributed by atoms with E-state index in [-0.39, 0.29) is 46.9 Å². The van der Waals surface area contributed by atoms with Crippen molar-refractivity contribution in [2.45, 2.75) is 108 Å². The van der Waals surface area contributed by atoms with Crippen LogP contribution >= 0.6 is 11.3 Å². The number of aromatic nitrogens is 4. The van der Waals surface area contributed by atoms with Crippen LogP contribution in [0.1, 0.15) is 114 Å². The third kappa shape index (κ3) is 10.8. The van der Waals surface area contributed by atoms with E-state index in [9.17, 15) is 13.0 Å². The van der Waals surface area contributed by atoms with Crippen LogP contribution in [0.4, 0.5) is 5.13 Å². The molecule has 0 spiro atoms. The van der Waals surface area contributed by atoms with Gasteiger partial charge in [-0.25, -0.2) is 18.4 Å². The molecule has 204 valence electrons. The van der Waals surface area contributed by atoms with E-state index in [4.69, 9.17) is 5.73 Å². The monoisotopic (exact) mass is 569 g/mol. The molecule has 2 N–H and O–H groups in total. The first-order chi connectivity index (χ1) is 17.9. The van der Waals surface area contributed by atoms with Crippen molar-refractivity contribution in [3.8, 4) is 10.7 Å². The molecule has 1 aromatic carbocycles. The Hall–Kier alpha value is -1.17. The minimum absolute atomic E-state index is 0. The summed E-state index contributed by atoms with van der Waals surface area (Å²) in [6, 6.07) is 7.26. The molecule has 3 rings (SSSR count). The van der Waals surface area contributed by atoms with E-state index in [1.807, 2.05) is 18.2 Å². The topological polar surface area (TPSA) is 135 Å². The summed E-state index contributed by atoms with van der Waals surface area (Å²) in [5.74, 6) is 0.0205. The van der Waals surface area contributed by atoms with Crippen molar-refractivity contribution in [1.29, 1.82) is 0 Å². The first kappa shape index (κ1) is 33.0. The van der Waals surface area contributed by atoms with Crippen molar-refractivity contribution in [2.75, 3.05) is 5.73 Å². The van der Waals surface area contributed by atoms with Crippen LogP contribution in [0.2, 0.25) is 0 Å². The Morgan fingerprint density at radius 3 is 1.92 bits per heavy atom. The van der Waals surface area contributed by atoms with E-state index in [2.05, 4.69) is 27.1 Å². The molecule has 1 unspecified atom stereocenters. The summed E-state index contributed by atoms with van der Waals surface area (Å²) in [6.07, 6.45) is 17.1. The molecule has 0 aliphatic carbocycles. The van der Waals surface area contributed by atoms with Crippen molar-refractivity contribution >= 4 is 37.5 Å². The van der Waals surface area contributed by atoms with Gasteiger partial charge >= 0.3 is 29.6 Å². The molecule has 2 aromatic heterocycles. The van der Waals surface area contributed by atoms with Crippen molar-refractivity contribution in [1.82, 2.24) is 20.2 Å². The molecule has 2 heterocycles. The van der Waals surface area contributed by atoms with E-state index in [1.54, 1.807) is 6.07 Å². The van der Waals surface area contributed by atoms with Crippen LogP contribution < -0.4 is 35.3 Å². The van der Waals surface area contributed by atoms with Crippen LogP contribution in [-0.4, -0.2) is 33.1 Å². The molecule has 0 aliphatic heterocycles. The van der Waals surface area contributed by atoms with Crippen LogP contribution in [0.3, 0.4) is 0 Å². The summed E-state index contributed by atoms with van der Waals surface area (Å²) < 4.78 is 36.6. The molecular weight excluding hydrogens is 529 g/mol.